The van der Waals surface area contributed by atoms with E-state index in [-0.39, 0.29) is 22.7 Å². The SMILES string of the molecule is CCN(CC)CC1(C(F)(F)F)C2=CC=CN(O)C2=Nc2ccc(F)cc21. The van der Waals surface area contributed by atoms with Crippen LogP contribution in [0.25, 0.3) is 0 Å². The summed E-state index contributed by atoms with van der Waals surface area (Å²) >= 11 is 0. The van der Waals surface area contributed by atoms with E-state index in [1.165, 1.54) is 24.4 Å². The first-order valence-corrected chi connectivity index (χ1v) is 8.29. The number of aliphatic imine (C=N–C) groups is 1. The van der Waals surface area contributed by atoms with E-state index in [1.807, 2.05) is 0 Å². The number of benzene rings is 1. The van der Waals surface area contributed by atoms with Crippen molar-refractivity contribution in [2.75, 3.05) is 19.6 Å². The average molecular weight is 369 g/mol. The van der Waals surface area contributed by atoms with Crippen LogP contribution in [0.2, 0.25) is 0 Å². The van der Waals surface area contributed by atoms with Gasteiger partial charge in [0.15, 0.2) is 5.84 Å². The lowest BCUT2D eigenvalue weighted by Crippen LogP contribution is -2.56. The molecule has 0 saturated heterocycles. The van der Waals surface area contributed by atoms with Crippen LogP contribution in [0.15, 0.2) is 47.1 Å². The van der Waals surface area contributed by atoms with Crippen molar-refractivity contribution in [3.63, 3.8) is 0 Å². The number of rotatable bonds is 4. The number of hydroxylamine groups is 2. The maximum absolute atomic E-state index is 14.6. The fourth-order valence-electron chi connectivity index (χ4n) is 3.49. The van der Waals surface area contributed by atoms with E-state index < -0.39 is 24.0 Å². The molecule has 0 fully saturated rings. The zero-order chi connectivity index (χ0) is 19.1. The summed E-state index contributed by atoms with van der Waals surface area (Å²) in [4.78, 5) is 5.78. The van der Waals surface area contributed by atoms with Crippen molar-refractivity contribution in [1.82, 2.24) is 9.96 Å². The van der Waals surface area contributed by atoms with E-state index >= 15 is 0 Å². The Morgan fingerprint density at radius 2 is 1.92 bits per heavy atom. The van der Waals surface area contributed by atoms with Crippen LogP contribution in [0.4, 0.5) is 23.2 Å². The maximum atomic E-state index is 14.6. The Morgan fingerprint density at radius 3 is 2.54 bits per heavy atom. The molecule has 0 spiro atoms. The summed E-state index contributed by atoms with van der Waals surface area (Å²) in [5.74, 6) is -0.959. The molecule has 26 heavy (non-hydrogen) atoms. The number of nitrogens with zero attached hydrogens (tertiary/aromatic N) is 3. The second-order valence-electron chi connectivity index (χ2n) is 6.23. The lowest BCUT2D eigenvalue weighted by atomic mass is 9.69. The van der Waals surface area contributed by atoms with Crippen molar-refractivity contribution in [3.8, 4) is 0 Å². The molecule has 0 amide bonds. The summed E-state index contributed by atoms with van der Waals surface area (Å²) in [6.07, 6.45) is -0.898. The van der Waals surface area contributed by atoms with Crippen molar-refractivity contribution in [1.29, 1.82) is 0 Å². The van der Waals surface area contributed by atoms with Crippen molar-refractivity contribution in [3.05, 3.63) is 53.5 Å². The Balaban J connectivity index is 2.35. The topological polar surface area (TPSA) is 39.1 Å². The molecular weight excluding hydrogens is 350 g/mol. The van der Waals surface area contributed by atoms with Crippen LogP contribution >= 0.6 is 0 Å². The van der Waals surface area contributed by atoms with Gasteiger partial charge in [-0.15, -0.1) is 0 Å². The van der Waals surface area contributed by atoms with Crippen molar-refractivity contribution < 1.29 is 22.8 Å². The van der Waals surface area contributed by atoms with E-state index in [9.17, 15) is 22.8 Å². The highest BCUT2D eigenvalue weighted by atomic mass is 19.4. The van der Waals surface area contributed by atoms with Gasteiger partial charge in [0.25, 0.3) is 0 Å². The predicted molar refractivity (Wildman–Crippen MR) is 89.9 cm³/mol. The standard InChI is InChI=1S/C18H19F4N3O/c1-3-24(4-2)11-17(18(20,21)22)13-6-5-9-25(26)16(13)23-15-8-7-12(19)10-14(15)17/h5-10,26H,3-4,11H2,1-2H3. The van der Waals surface area contributed by atoms with Gasteiger partial charge >= 0.3 is 6.18 Å². The van der Waals surface area contributed by atoms with Gasteiger partial charge in [-0.25, -0.2) is 14.4 Å². The first-order valence-electron chi connectivity index (χ1n) is 8.29. The van der Waals surface area contributed by atoms with Crippen molar-refractivity contribution in [2.24, 2.45) is 4.99 Å². The molecule has 1 atom stereocenters. The lowest BCUT2D eigenvalue weighted by molar-refractivity contribution is -0.183. The number of likely N-dealkylation sites (N-methyl/N-ethyl adjacent to an activating group) is 1. The number of hydrogen-bond acceptors (Lipinski definition) is 4. The smallest absolute Gasteiger partial charge is 0.302 e. The van der Waals surface area contributed by atoms with Gasteiger partial charge in [-0.2, -0.15) is 13.2 Å². The number of halogens is 4. The molecule has 8 heteroatoms. The molecule has 2 aliphatic rings. The summed E-state index contributed by atoms with van der Waals surface area (Å²) in [5, 5.41) is 10.6. The first-order chi connectivity index (χ1) is 12.2. The number of fused-ring (bicyclic) bond motifs is 2. The fourth-order valence-corrected chi connectivity index (χ4v) is 3.49. The second kappa shape index (κ2) is 6.51. The third-order valence-electron chi connectivity index (χ3n) is 4.89. The molecule has 1 aromatic carbocycles. The highest BCUT2D eigenvalue weighted by Crippen LogP contribution is 2.53. The number of hydrogen-bond donors (Lipinski definition) is 1. The van der Waals surface area contributed by atoms with Crippen LogP contribution in [-0.4, -0.2) is 46.8 Å². The molecule has 1 N–H and O–H groups in total. The fraction of sp³-hybridized carbons (Fsp3) is 0.389. The molecule has 0 aromatic heterocycles. The molecule has 4 nitrogen and oxygen atoms in total. The highest BCUT2D eigenvalue weighted by Gasteiger charge is 2.62. The van der Waals surface area contributed by atoms with E-state index in [4.69, 9.17) is 0 Å². The van der Waals surface area contributed by atoms with Crippen LogP contribution in [0.5, 0.6) is 0 Å². The Morgan fingerprint density at radius 1 is 1.23 bits per heavy atom. The van der Waals surface area contributed by atoms with Crippen LogP contribution < -0.4 is 0 Å². The lowest BCUT2D eigenvalue weighted by Gasteiger charge is -2.45. The van der Waals surface area contributed by atoms with Crippen molar-refractivity contribution in [2.45, 2.75) is 25.4 Å². The minimum Gasteiger partial charge on any atom is -0.302 e. The Bertz CT molecular complexity index is 796. The molecule has 140 valence electrons. The van der Waals surface area contributed by atoms with Crippen LogP contribution in [0.3, 0.4) is 0 Å². The van der Waals surface area contributed by atoms with Gasteiger partial charge in [-0.3, -0.25) is 5.21 Å². The van der Waals surface area contributed by atoms with Gasteiger partial charge in [0.1, 0.15) is 11.2 Å². The molecule has 0 radical (unpaired) electrons. The van der Waals surface area contributed by atoms with Gasteiger partial charge in [-0.05, 0) is 37.4 Å². The van der Waals surface area contributed by atoms with Crippen LogP contribution in [0, 0.1) is 5.82 Å². The Hall–Kier alpha value is -2.19. The molecule has 0 saturated carbocycles. The summed E-state index contributed by atoms with van der Waals surface area (Å²) in [5.41, 5.74) is -2.94. The van der Waals surface area contributed by atoms with Gasteiger partial charge in [0.2, 0.25) is 0 Å². The molecule has 1 aromatic rings. The molecule has 2 heterocycles. The van der Waals surface area contributed by atoms with E-state index in [0.29, 0.717) is 18.2 Å². The Labute approximate surface area is 148 Å². The number of alkyl halides is 3. The summed E-state index contributed by atoms with van der Waals surface area (Å²) in [6, 6.07) is 3.17. The zero-order valence-electron chi connectivity index (χ0n) is 14.4. The molecule has 3 rings (SSSR count). The maximum Gasteiger partial charge on any atom is 0.403 e. The Kier molecular flexibility index (Phi) is 4.66. The monoisotopic (exact) mass is 369 g/mol. The normalized spacial score (nSPS) is 22.1. The third-order valence-corrected chi connectivity index (χ3v) is 4.89. The quantitative estimate of drug-likeness (QED) is 0.811. The highest BCUT2D eigenvalue weighted by molar-refractivity contribution is 6.05. The van der Waals surface area contributed by atoms with Gasteiger partial charge in [0, 0.05) is 23.9 Å². The summed E-state index contributed by atoms with van der Waals surface area (Å²) in [6.45, 7) is 3.94. The largest absolute Gasteiger partial charge is 0.403 e. The van der Waals surface area contributed by atoms with Crippen molar-refractivity contribution >= 4 is 11.5 Å². The van der Waals surface area contributed by atoms with E-state index in [0.717, 1.165) is 12.1 Å². The minimum atomic E-state index is -4.73. The first kappa shape index (κ1) is 18.6. The van der Waals surface area contributed by atoms with Gasteiger partial charge in [0.05, 0.1) is 5.69 Å². The molecular formula is C18H19F4N3O. The second-order valence-corrected chi connectivity index (χ2v) is 6.23. The minimum absolute atomic E-state index is 0.00242. The number of allylic oxidation sites excluding steroid dienone is 2. The van der Waals surface area contributed by atoms with Crippen LogP contribution in [-0.2, 0) is 5.41 Å². The third kappa shape index (κ3) is 2.73. The summed E-state index contributed by atoms with van der Waals surface area (Å²) in [7, 11) is 0. The molecule has 0 bridgehead atoms. The molecule has 2 aliphatic heterocycles. The number of amidine groups is 1. The van der Waals surface area contributed by atoms with E-state index in [1.54, 1.807) is 18.7 Å². The van der Waals surface area contributed by atoms with Crippen LogP contribution in [0.1, 0.15) is 19.4 Å². The average Bonchev–Trinajstić information content (AvgIpc) is 2.59. The summed E-state index contributed by atoms with van der Waals surface area (Å²) < 4.78 is 57.6. The molecule has 1 unspecified atom stereocenters. The zero-order valence-corrected chi connectivity index (χ0v) is 14.4. The predicted octanol–water partition coefficient (Wildman–Crippen LogP) is 4.16. The van der Waals surface area contributed by atoms with E-state index in [2.05, 4.69) is 4.99 Å². The molecule has 0 aliphatic carbocycles. The van der Waals surface area contributed by atoms with Gasteiger partial charge in [-0.1, -0.05) is 19.9 Å². The van der Waals surface area contributed by atoms with Gasteiger partial charge < -0.3 is 4.90 Å².